The quantitative estimate of drug-likeness (QED) is 0.800. The summed E-state index contributed by atoms with van der Waals surface area (Å²) in [5.41, 5.74) is -0.803. The second-order valence-electron chi connectivity index (χ2n) is 4.80. The minimum Gasteiger partial charge on any atom is -0.383 e. The molecule has 0 aliphatic rings. The van der Waals surface area contributed by atoms with Crippen molar-refractivity contribution in [3.05, 3.63) is 45.0 Å². The first-order valence-electron chi connectivity index (χ1n) is 6.53. The van der Waals surface area contributed by atoms with Gasteiger partial charge < -0.3 is 10.1 Å². The zero-order valence-corrected chi connectivity index (χ0v) is 11.9. The van der Waals surface area contributed by atoms with E-state index in [-0.39, 0.29) is 18.5 Å². The van der Waals surface area contributed by atoms with Crippen molar-refractivity contribution in [1.29, 1.82) is 0 Å². The maximum atomic E-state index is 12.2. The molecule has 0 spiro atoms. The smallest absolute Gasteiger partial charge is 0.273 e. The third-order valence-electron chi connectivity index (χ3n) is 3.01. The number of methoxy groups -OCH3 is 1. The number of carbonyl (C=O) groups is 1. The second-order valence-corrected chi connectivity index (χ2v) is 4.80. The molecule has 1 amide bonds. The summed E-state index contributed by atoms with van der Waals surface area (Å²) >= 11 is 0. The van der Waals surface area contributed by atoms with Gasteiger partial charge in [0.2, 0.25) is 5.91 Å². The summed E-state index contributed by atoms with van der Waals surface area (Å²) in [6.45, 7) is 1.91. The van der Waals surface area contributed by atoms with Crippen LogP contribution in [0.25, 0.3) is 10.8 Å². The molecule has 21 heavy (non-hydrogen) atoms. The van der Waals surface area contributed by atoms with Crippen LogP contribution in [-0.4, -0.2) is 35.4 Å². The number of H-pyrrole nitrogens is 1. The molecule has 7 nitrogen and oxygen atoms in total. The van der Waals surface area contributed by atoms with E-state index in [9.17, 15) is 14.4 Å². The normalized spacial score (nSPS) is 12.3. The lowest BCUT2D eigenvalue weighted by Gasteiger charge is -2.13. The van der Waals surface area contributed by atoms with Crippen LogP contribution in [0.1, 0.15) is 6.92 Å². The average Bonchev–Trinajstić information content (AvgIpc) is 2.44. The van der Waals surface area contributed by atoms with E-state index >= 15 is 0 Å². The van der Waals surface area contributed by atoms with Crippen molar-refractivity contribution >= 4 is 16.7 Å². The van der Waals surface area contributed by atoms with E-state index in [0.29, 0.717) is 17.4 Å². The Labute approximate surface area is 120 Å². The molecule has 0 aliphatic heterocycles. The first-order valence-corrected chi connectivity index (χ1v) is 6.53. The van der Waals surface area contributed by atoms with Crippen LogP contribution < -0.4 is 16.4 Å². The molecule has 0 bridgehead atoms. The molecule has 0 radical (unpaired) electrons. The molecule has 2 N–H and O–H groups in total. The third-order valence-corrected chi connectivity index (χ3v) is 3.01. The number of rotatable bonds is 5. The minimum absolute atomic E-state index is 0.176. The maximum absolute atomic E-state index is 12.2. The van der Waals surface area contributed by atoms with Crippen LogP contribution >= 0.6 is 0 Å². The Balaban J connectivity index is 2.27. The summed E-state index contributed by atoms with van der Waals surface area (Å²) in [6, 6.07) is 6.31. The van der Waals surface area contributed by atoms with Gasteiger partial charge in [0.05, 0.1) is 17.4 Å². The highest BCUT2D eigenvalue weighted by molar-refractivity contribution is 5.81. The Morgan fingerprint density at radius 3 is 2.67 bits per heavy atom. The van der Waals surface area contributed by atoms with Crippen molar-refractivity contribution in [2.75, 3.05) is 13.7 Å². The standard InChI is InChI=1S/C14H17N3O4/c1-9(8-21-2)15-12(18)7-17-14(20)11-6-4-3-5-10(11)13(19)16-17/h3-6,9H,7-8H2,1-2H3,(H,15,18)(H,16,19). The number of aromatic nitrogens is 2. The maximum Gasteiger partial charge on any atom is 0.273 e. The molecule has 0 saturated carbocycles. The first-order chi connectivity index (χ1) is 10.0. The van der Waals surface area contributed by atoms with Crippen molar-refractivity contribution in [2.45, 2.75) is 19.5 Å². The number of ether oxygens (including phenoxy) is 1. The fraction of sp³-hybridized carbons (Fsp3) is 0.357. The molecule has 7 heteroatoms. The van der Waals surface area contributed by atoms with Gasteiger partial charge in [-0.1, -0.05) is 12.1 Å². The zero-order chi connectivity index (χ0) is 15.4. The van der Waals surface area contributed by atoms with Gasteiger partial charge in [-0.2, -0.15) is 0 Å². The number of fused-ring (bicyclic) bond motifs is 1. The van der Waals surface area contributed by atoms with Crippen LogP contribution in [-0.2, 0) is 16.1 Å². The van der Waals surface area contributed by atoms with Crippen LogP contribution in [0.2, 0.25) is 0 Å². The first kappa shape index (κ1) is 15.0. The lowest BCUT2D eigenvalue weighted by molar-refractivity contribution is -0.122. The monoisotopic (exact) mass is 291 g/mol. The van der Waals surface area contributed by atoms with Gasteiger partial charge in [0.15, 0.2) is 0 Å². The van der Waals surface area contributed by atoms with E-state index in [1.807, 2.05) is 0 Å². The van der Waals surface area contributed by atoms with E-state index in [2.05, 4.69) is 10.4 Å². The number of amides is 1. The molecule has 1 aromatic heterocycles. The SMILES string of the molecule is COCC(C)NC(=O)Cn1[nH]c(=O)c2ccccc2c1=O. The lowest BCUT2D eigenvalue weighted by atomic mass is 10.2. The van der Waals surface area contributed by atoms with Crippen LogP contribution in [0.15, 0.2) is 33.9 Å². The molecule has 2 aromatic rings. The Morgan fingerprint density at radius 2 is 2.00 bits per heavy atom. The van der Waals surface area contributed by atoms with Crippen molar-refractivity contribution in [1.82, 2.24) is 15.1 Å². The summed E-state index contributed by atoms with van der Waals surface area (Å²) in [7, 11) is 1.54. The topological polar surface area (TPSA) is 93.2 Å². The third kappa shape index (κ3) is 3.38. The zero-order valence-electron chi connectivity index (χ0n) is 11.9. The van der Waals surface area contributed by atoms with Crippen molar-refractivity contribution in [3.63, 3.8) is 0 Å². The molecule has 0 fully saturated rings. The Morgan fingerprint density at radius 1 is 1.33 bits per heavy atom. The van der Waals surface area contributed by atoms with E-state index in [4.69, 9.17) is 4.74 Å². The number of aromatic amines is 1. The summed E-state index contributed by atoms with van der Waals surface area (Å²) in [5, 5.41) is 5.69. The largest absolute Gasteiger partial charge is 0.383 e. The number of nitrogens with zero attached hydrogens (tertiary/aromatic N) is 1. The van der Waals surface area contributed by atoms with E-state index in [0.717, 1.165) is 4.68 Å². The number of benzene rings is 1. The van der Waals surface area contributed by atoms with Gasteiger partial charge >= 0.3 is 0 Å². The number of carbonyl (C=O) groups excluding carboxylic acids is 1. The van der Waals surface area contributed by atoms with Gasteiger partial charge in [-0.3, -0.25) is 19.5 Å². The number of hydrogen-bond donors (Lipinski definition) is 2. The van der Waals surface area contributed by atoms with Gasteiger partial charge in [0.1, 0.15) is 6.54 Å². The van der Waals surface area contributed by atoms with Crippen LogP contribution in [0.5, 0.6) is 0 Å². The van der Waals surface area contributed by atoms with Crippen LogP contribution in [0.4, 0.5) is 0 Å². The van der Waals surface area contributed by atoms with Crippen molar-refractivity contribution in [2.24, 2.45) is 0 Å². The average molecular weight is 291 g/mol. The number of nitrogens with one attached hydrogen (secondary N) is 2. The van der Waals surface area contributed by atoms with Gasteiger partial charge in [-0.15, -0.1) is 0 Å². The Kier molecular flexibility index (Phi) is 4.54. The van der Waals surface area contributed by atoms with E-state index < -0.39 is 11.1 Å². The fourth-order valence-electron chi connectivity index (χ4n) is 2.11. The molecule has 112 valence electrons. The molecule has 1 atom stereocenters. The van der Waals surface area contributed by atoms with Gasteiger partial charge in [-0.05, 0) is 19.1 Å². The van der Waals surface area contributed by atoms with E-state index in [1.54, 1.807) is 31.2 Å². The highest BCUT2D eigenvalue weighted by Gasteiger charge is 2.11. The van der Waals surface area contributed by atoms with Crippen molar-refractivity contribution in [3.8, 4) is 0 Å². The van der Waals surface area contributed by atoms with E-state index in [1.165, 1.54) is 7.11 Å². The summed E-state index contributed by atoms with van der Waals surface area (Å²) in [4.78, 5) is 36.0. The fourth-order valence-corrected chi connectivity index (χ4v) is 2.11. The predicted molar refractivity (Wildman–Crippen MR) is 78.3 cm³/mol. The lowest BCUT2D eigenvalue weighted by Crippen LogP contribution is -2.41. The Hall–Kier alpha value is -2.41. The van der Waals surface area contributed by atoms with Crippen LogP contribution in [0.3, 0.4) is 0 Å². The summed E-state index contributed by atoms with van der Waals surface area (Å²) in [5.74, 6) is -0.368. The van der Waals surface area contributed by atoms with Gasteiger partial charge in [0.25, 0.3) is 11.1 Å². The summed E-state index contributed by atoms with van der Waals surface area (Å²) < 4.78 is 5.93. The second kappa shape index (κ2) is 6.36. The molecular formula is C14H17N3O4. The molecule has 1 heterocycles. The molecule has 1 unspecified atom stereocenters. The van der Waals surface area contributed by atoms with Gasteiger partial charge in [0, 0.05) is 13.2 Å². The molecule has 0 aliphatic carbocycles. The molecule has 0 saturated heterocycles. The highest BCUT2D eigenvalue weighted by atomic mass is 16.5. The molecule has 1 aromatic carbocycles. The van der Waals surface area contributed by atoms with Gasteiger partial charge in [-0.25, -0.2) is 4.68 Å². The Bertz CT molecular complexity index is 763. The molecule has 2 rings (SSSR count). The number of hydrogen-bond acceptors (Lipinski definition) is 4. The molecular weight excluding hydrogens is 274 g/mol. The minimum atomic E-state index is -0.403. The summed E-state index contributed by atoms with van der Waals surface area (Å²) in [6.07, 6.45) is 0. The predicted octanol–water partition coefficient (Wildman–Crippen LogP) is -0.159. The highest BCUT2D eigenvalue weighted by Crippen LogP contribution is 2.02. The van der Waals surface area contributed by atoms with Crippen LogP contribution in [0, 0.1) is 0 Å². The van der Waals surface area contributed by atoms with Crippen molar-refractivity contribution < 1.29 is 9.53 Å².